The van der Waals surface area contributed by atoms with E-state index in [0.717, 1.165) is 25.0 Å². The SMILES string of the molecule is O=C1CCCC[C@H]2[C@@H](C[C@@H](c3cccc(C(F)(F)F)c3)N2C(=O)Cc2ccccn2)N1. The Kier molecular flexibility index (Phi) is 5.98. The molecule has 5 nitrogen and oxygen atoms in total. The van der Waals surface area contributed by atoms with Gasteiger partial charge in [-0.2, -0.15) is 13.2 Å². The highest BCUT2D eigenvalue weighted by molar-refractivity contribution is 5.81. The van der Waals surface area contributed by atoms with Crippen molar-refractivity contribution >= 4 is 11.8 Å². The highest BCUT2D eigenvalue weighted by Gasteiger charge is 2.45. The fourth-order valence-electron chi connectivity index (χ4n) is 4.68. The van der Waals surface area contributed by atoms with Gasteiger partial charge in [0.05, 0.1) is 30.1 Å². The first-order chi connectivity index (χ1) is 14.8. The molecule has 0 bridgehead atoms. The highest BCUT2D eigenvalue weighted by atomic mass is 19.4. The summed E-state index contributed by atoms with van der Waals surface area (Å²) in [6.07, 6.45) is 0.249. The molecule has 31 heavy (non-hydrogen) atoms. The van der Waals surface area contributed by atoms with Gasteiger partial charge >= 0.3 is 6.18 Å². The van der Waals surface area contributed by atoms with Gasteiger partial charge in [-0.15, -0.1) is 0 Å². The second-order valence-corrected chi connectivity index (χ2v) is 8.16. The van der Waals surface area contributed by atoms with Gasteiger partial charge in [0.25, 0.3) is 0 Å². The molecule has 0 radical (unpaired) electrons. The zero-order chi connectivity index (χ0) is 22.0. The van der Waals surface area contributed by atoms with E-state index in [0.29, 0.717) is 30.5 Å². The number of aromatic nitrogens is 1. The Bertz CT molecular complexity index is 949. The van der Waals surface area contributed by atoms with Gasteiger partial charge in [-0.3, -0.25) is 14.6 Å². The van der Waals surface area contributed by atoms with Crippen molar-refractivity contribution in [1.82, 2.24) is 15.2 Å². The van der Waals surface area contributed by atoms with E-state index in [4.69, 9.17) is 0 Å². The molecule has 2 saturated heterocycles. The van der Waals surface area contributed by atoms with E-state index in [1.807, 2.05) is 0 Å². The summed E-state index contributed by atoms with van der Waals surface area (Å²) >= 11 is 0. The number of amides is 2. The normalized spacial score (nSPS) is 24.2. The molecule has 1 aromatic heterocycles. The zero-order valence-electron chi connectivity index (χ0n) is 16.9. The van der Waals surface area contributed by atoms with Crippen LogP contribution in [0.3, 0.4) is 0 Å². The molecule has 0 spiro atoms. The summed E-state index contributed by atoms with van der Waals surface area (Å²) in [6, 6.07) is 9.39. The molecule has 2 fully saturated rings. The van der Waals surface area contributed by atoms with Crippen molar-refractivity contribution in [3.05, 3.63) is 65.5 Å². The van der Waals surface area contributed by atoms with E-state index in [2.05, 4.69) is 10.3 Å². The molecule has 2 aromatic rings. The monoisotopic (exact) mass is 431 g/mol. The summed E-state index contributed by atoms with van der Waals surface area (Å²) < 4.78 is 39.9. The summed E-state index contributed by atoms with van der Waals surface area (Å²) in [7, 11) is 0. The molecule has 3 heterocycles. The van der Waals surface area contributed by atoms with E-state index < -0.39 is 17.8 Å². The summed E-state index contributed by atoms with van der Waals surface area (Å²) in [5.41, 5.74) is 0.300. The molecule has 3 atom stereocenters. The number of carbonyl (C=O) groups is 2. The van der Waals surface area contributed by atoms with Crippen LogP contribution in [0.4, 0.5) is 13.2 Å². The third-order valence-corrected chi connectivity index (χ3v) is 6.08. The van der Waals surface area contributed by atoms with Gasteiger partial charge in [-0.1, -0.05) is 24.6 Å². The fraction of sp³-hybridized carbons (Fsp3) is 0.435. The molecule has 2 aliphatic heterocycles. The van der Waals surface area contributed by atoms with Crippen LogP contribution in [0.5, 0.6) is 0 Å². The molecule has 2 amide bonds. The maximum atomic E-state index is 13.4. The third kappa shape index (κ3) is 4.73. The first-order valence-corrected chi connectivity index (χ1v) is 10.5. The third-order valence-electron chi connectivity index (χ3n) is 6.08. The minimum atomic E-state index is -4.46. The van der Waals surface area contributed by atoms with Crippen molar-refractivity contribution in [1.29, 1.82) is 0 Å². The van der Waals surface area contributed by atoms with Crippen molar-refractivity contribution in [2.45, 2.75) is 62.8 Å². The van der Waals surface area contributed by atoms with Crippen molar-refractivity contribution in [3.63, 3.8) is 0 Å². The molecule has 4 rings (SSSR count). The van der Waals surface area contributed by atoms with E-state index in [9.17, 15) is 22.8 Å². The van der Waals surface area contributed by atoms with Crippen LogP contribution in [0.25, 0.3) is 0 Å². The standard InChI is InChI=1S/C23H24F3N3O2/c24-23(25,26)16-7-5-6-15(12-16)20-14-18-19(9-1-2-10-21(30)28-18)29(20)22(31)13-17-8-3-4-11-27-17/h3-8,11-12,18-20H,1-2,9-10,13-14H2,(H,28,30)/t18-,19+,20+/m1/s1. The minimum Gasteiger partial charge on any atom is -0.351 e. The molecular weight excluding hydrogens is 407 g/mol. The number of halogens is 3. The van der Waals surface area contributed by atoms with Crippen molar-refractivity contribution in [2.75, 3.05) is 0 Å². The molecule has 1 aromatic carbocycles. The lowest BCUT2D eigenvalue weighted by Gasteiger charge is -2.33. The maximum Gasteiger partial charge on any atom is 0.416 e. The fourth-order valence-corrected chi connectivity index (χ4v) is 4.68. The van der Waals surface area contributed by atoms with Crippen LogP contribution in [0.1, 0.15) is 55.0 Å². The number of alkyl halides is 3. The average molecular weight is 431 g/mol. The molecule has 2 aliphatic rings. The Balaban J connectivity index is 1.69. The van der Waals surface area contributed by atoms with Crippen LogP contribution < -0.4 is 5.32 Å². The van der Waals surface area contributed by atoms with Crippen LogP contribution in [0, 0.1) is 0 Å². The molecule has 0 aliphatic carbocycles. The lowest BCUT2D eigenvalue weighted by atomic mass is 9.97. The predicted octanol–water partition coefficient (Wildman–Crippen LogP) is 4.04. The van der Waals surface area contributed by atoms with Gasteiger partial charge in [-0.25, -0.2) is 0 Å². The Hall–Kier alpha value is -2.90. The van der Waals surface area contributed by atoms with E-state index in [1.165, 1.54) is 6.07 Å². The number of likely N-dealkylation sites (tertiary alicyclic amines) is 1. The molecule has 1 N–H and O–H groups in total. The summed E-state index contributed by atoms with van der Waals surface area (Å²) in [5, 5.41) is 3.00. The topological polar surface area (TPSA) is 62.3 Å². The minimum absolute atomic E-state index is 0.0630. The van der Waals surface area contributed by atoms with Gasteiger partial charge < -0.3 is 10.2 Å². The quantitative estimate of drug-likeness (QED) is 0.798. The van der Waals surface area contributed by atoms with Crippen LogP contribution in [0.2, 0.25) is 0 Å². The molecule has 8 heteroatoms. The van der Waals surface area contributed by atoms with Crippen LogP contribution in [-0.2, 0) is 22.2 Å². The Morgan fingerprint density at radius 3 is 2.74 bits per heavy atom. The van der Waals surface area contributed by atoms with E-state index >= 15 is 0 Å². The lowest BCUT2D eigenvalue weighted by molar-refractivity contribution is -0.137. The number of hydrogen-bond acceptors (Lipinski definition) is 3. The lowest BCUT2D eigenvalue weighted by Crippen LogP contribution is -2.48. The van der Waals surface area contributed by atoms with Crippen molar-refractivity contribution in [2.24, 2.45) is 0 Å². The van der Waals surface area contributed by atoms with Crippen LogP contribution >= 0.6 is 0 Å². The largest absolute Gasteiger partial charge is 0.416 e. The Morgan fingerprint density at radius 2 is 2.00 bits per heavy atom. The molecular formula is C23H24F3N3O2. The first kappa shape index (κ1) is 21.3. The number of hydrogen-bond donors (Lipinski definition) is 1. The van der Waals surface area contributed by atoms with Gasteiger partial charge in [0, 0.05) is 18.3 Å². The second kappa shape index (κ2) is 8.69. The summed E-state index contributed by atoms with van der Waals surface area (Å²) in [5.74, 6) is -0.264. The number of benzene rings is 1. The first-order valence-electron chi connectivity index (χ1n) is 10.5. The number of nitrogens with one attached hydrogen (secondary N) is 1. The molecule has 0 saturated carbocycles. The van der Waals surface area contributed by atoms with Crippen molar-refractivity contribution < 1.29 is 22.8 Å². The zero-order valence-corrected chi connectivity index (χ0v) is 16.9. The average Bonchev–Trinajstić information content (AvgIpc) is 3.07. The maximum absolute atomic E-state index is 13.4. The number of nitrogens with zero attached hydrogens (tertiary/aromatic N) is 2. The summed E-state index contributed by atoms with van der Waals surface area (Å²) in [6.45, 7) is 0. The van der Waals surface area contributed by atoms with Gasteiger partial charge in [0.1, 0.15) is 0 Å². The smallest absolute Gasteiger partial charge is 0.351 e. The molecule has 0 unspecified atom stereocenters. The summed E-state index contributed by atoms with van der Waals surface area (Å²) in [4.78, 5) is 31.5. The van der Waals surface area contributed by atoms with Crippen molar-refractivity contribution in [3.8, 4) is 0 Å². The van der Waals surface area contributed by atoms with E-state index in [1.54, 1.807) is 35.4 Å². The van der Waals surface area contributed by atoms with Crippen LogP contribution in [0.15, 0.2) is 48.7 Å². The van der Waals surface area contributed by atoms with Crippen LogP contribution in [-0.4, -0.2) is 33.8 Å². The van der Waals surface area contributed by atoms with Gasteiger partial charge in [-0.05, 0) is 49.1 Å². The Labute approximate surface area is 178 Å². The molecule has 164 valence electrons. The number of pyridine rings is 1. The second-order valence-electron chi connectivity index (χ2n) is 8.16. The van der Waals surface area contributed by atoms with Gasteiger partial charge in [0.2, 0.25) is 11.8 Å². The number of rotatable bonds is 3. The highest BCUT2D eigenvalue weighted by Crippen LogP contribution is 2.41. The van der Waals surface area contributed by atoms with Gasteiger partial charge in [0.15, 0.2) is 0 Å². The predicted molar refractivity (Wildman–Crippen MR) is 108 cm³/mol. The Morgan fingerprint density at radius 1 is 1.16 bits per heavy atom. The number of carbonyl (C=O) groups excluding carboxylic acids is 2. The van der Waals surface area contributed by atoms with E-state index in [-0.39, 0.29) is 30.3 Å². The number of fused-ring (bicyclic) bond motifs is 1.